The van der Waals surface area contributed by atoms with E-state index in [1.165, 1.54) is 13.8 Å². The summed E-state index contributed by atoms with van der Waals surface area (Å²) in [5.41, 5.74) is -0.198. The van der Waals surface area contributed by atoms with Crippen LogP contribution in [0.5, 0.6) is 0 Å². The van der Waals surface area contributed by atoms with Crippen LogP contribution in [0, 0.1) is 28.6 Å². The second-order valence-electron chi connectivity index (χ2n) is 10.1. The SMILES string of the molecule is C=C1C[C@@H]2[C@H]3C=C(OC)C4=CC(=O)CC[C@@]4(C)[C@@H]3CC[C@]2(C)[C@]1(OC(C)=O)C(C)=O. The highest BCUT2D eigenvalue weighted by molar-refractivity contribution is 5.93. The van der Waals surface area contributed by atoms with Gasteiger partial charge in [0.2, 0.25) is 0 Å². The third-order valence-electron chi connectivity index (χ3n) is 8.74. The van der Waals surface area contributed by atoms with Gasteiger partial charge in [0.25, 0.3) is 0 Å². The Morgan fingerprint density at radius 2 is 1.87 bits per heavy atom. The smallest absolute Gasteiger partial charge is 0.303 e. The van der Waals surface area contributed by atoms with Crippen LogP contribution in [0.25, 0.3) is 0 Å². The number of Topliss-reactive ketones (excluding diaryl/α,β-unsaturated/α-hetero) is 1. The van der Waals surface area contributed by atoms with Crippen molar-refractivity contribution in [1.29, 1.82) is 0 Å². The lowest BCUT2D eigenvalue weighted by atomic mass is 9.47. The fourth-order valence-corrected chi connectivity index (χ4v) is 7.35. The van der Waals surface area contributed by atoms with Gasteiger partial charge in [-0.2, -0.15) is 0 Å². The summed E-state index contributed by atoms with van der Waals surface area (Å²) in [6.45, 7) is 11.5. The molecular formula is C25H32O5. The molecule has 5 heteroatoms. The molecule has 0 aromatic heterocycles. The molecule has 6 atom stereocenters. The van der Waals surface area contributed by atoms with Crippen LogP contribution < -0.4 is 0 Å². The molecule has 2 saturated carbocycles. The van der Waals surface area contributed by atoms with E-state index in [0.717, 1.165) is 30.6 Å². The van der Waals surface area contributed by atoms with Crippen molar-refractivity contribution < 1.29 is 23.9 Å². The second-order valence-corrected chi connectivity index (χ2v) is 10.1. The topological polar surface area (TPSA) is 69.7 Å². The van der Waals surface area contributed by atoms with E-state index < -0.39 is 17.0 Å². The van der Waals surface area contributed by atoms with Crippen LogP contribution in [0.3, 0.4) is 0 Å². The summed E-state index contributed by atoms with van der Waals surface area (Å²) in [6.07, 6.45) is 7.62. The van der Waals surface area contributed by atoms with E-state index >= 15 is 0 Å². The number of fused-ring (bicyclic) bond motifs is 5. The molecule has 0 aromatic rings. The van der Waals surface area contributed by atoms with Crippen LogP contribution in [0.4, 0.5) is 0 Å². The lowest BCUT2D eigenvalue weighted by Gasteiger charge is -2.57. The van der Waals surface area contributed by atoms with Gasteiger partial charge in [0, 0.05) is 29.7 Å². The highest BCUT2D eigenvalue weighted by Gasteiger charge is 2.69. The third-order valence-corrected chi connectivity index (χ3v) is 8.74. The van der Waals surface area contributed by atoms with E-state index in [1.54, 1.807) is 13.2 Å². The van der Waals surface area contributed by atoms with E-state index in [-0.39, 0.29) is 28.8 Å². The quantitative estimate of drug-likeness (QED) is 0.510. The van der Waals surface area contributed by atoms with Crippen molar-refractivity contribution in [3.05, 3.63) is 35.6 Å². The highest BCUT2D eigenvalue weighted by atomic mass is 16.6. The molecule has 4 aliphatic carbocycles. The first-order chi connectivity index (χ1) is 14.0. The van der Waals surface area contributed by atoms with Gasteiger partial charge in [0.1, 0.15) is 5.76 Å². The minimum absolute atomic E-state index is 0.119. The maximum absolute atomic E-state index is 13.0. The lowest BCUT2D eigenvalue weighted by molar-refractivity contribution is -0.179. The van der Waals surface area contributed by atoms with E-state index in [2.05, 4.69) is 26.5 Å². The van der Waals surface area contributed by atoms with Gasteiger partial charge in [-0.3, -0.25) is 14.4 Å². The Bertz CT molecular complexity index is 910. The van der Waals surface area contributed by atoms with Gasteiger partial charge in [-0.25, -0.2) is 0 Å². The van der Waals surface area contributed by atoms with Gasteiger partial charge >= 0.3 is 5.97 Å². The van der Waals surface area contributed by atoms with Crippen LogP contribution in [-0.4, -0.2) is 30.2 Å². The molecule has 0 bridgehead atoms. The number of rotatable bonds is 3. The molecule has 0 spiro atoms. The Hall–Kier alpha value is -2.17. The third kappa shape index (κ3) is 2.50. The largest absolute Gasteiger partial charge is 0.497 e. The number of allylic oxidation sites excluding steroid dienone is 3. The van der Waals surface area contributed by atoms with Crippen LogP contribution in [0.2, 0.25) is 0 Å². The molecule has 162 valence electrons. The zero-order valence-electron chi connectivity index (χ0n) is 18.7. The van der Waals surface area contributed by atoms with Gasteiger partial charge in [-0.15, -0.1) is 0 Å². The molecule has 0 aliphatic heterocycles. The fourth-order valence-electron chi connectivity index (χ4n) is 7.35. The van der Waals surface area contributed by atoms with Gasteiger partial charge in [-0.1, -0.05) is 20.4 Å². The van der Waals surface area contributed by atoms with E-state index in [9.17, 15) is 14.4 Å². The minimum atomic E-state index is -1.27. The first kappa shape index (κ1) is 21.1. The molecule has 4 aliphatic rings. The van der Waals surface area contributed by atoms with Crippen molar-refractivity contribution in [2.24, 2.45) is 28.6 Å². The Labute approximate surface area is 178 Å². The van der Waals surface area contributed by atoms with Crippen LogP contribution in [-0.2, 0) is 23.9 Å². The summed E-state index contributed by atoms with van der Waals surface area (Å²) in [5, 5.41) is 0. The summed E-state index contributed by atoms with van der Waals surface area (Å²) < 4.78 is 11.6. The van der Waals surface area contributed by atoms with Gasteiger partial charge in [0.05, 0.1) is 7.11 Å². The number of ketones is 2. The van der Waals surface area contributed by atoms with Gasteiger partial charge < -0.3 is 9.47 Å². The Balaban J connectivity index is 1.86. The molecule has 0 amide bonds. The van der Waals surface area contributed by atoms with E-state index in [1.807, 2.05) is 0 Å². The molecule has 0 N–H and O–H groups in total. The standard InChI is InChI=1S/C25H32O5/c1-14-11-20-18-13-22(29-6)21-12-17(28)7-9-23(21,4)19(18)8-10-24(20,5)25(14,15(2)26)30-16(3)27/h12-13,18-20H,1,7-11H2,2-6H3/t18-,19+,20+,23-,24-,25+/m0/s1. The summed E-state index contributed by atoms with van der Waals surface area (Å²) in [6, 6.07) is 0. The minimum Gasteiger partial charge on any atom is -0.497 e. The summed E-state index contributed by atoms with van der Waals surface area (Å²) in [5.74, 6) is 0.971. The fraction of sp³-hybridized carbons (Fsp3) is 0.640. The molecule has 0 saturated heterocycles. The van der Waals surface area contributed by atoms with Crippen LogP contribution in [0.15, 0.2) is 35.6 Å². The maximum Gasteiger partial charge on any atom is 0.303 e. The van der Waals surface area contributed by atoms with Crippen LogP contribution in [0.1, 0.15) is 59.8 Å². The molecule has 0 unspecified atom stereocenters. The molecule has 5 nitrogen and oxygen atoms in total. The number of hydrogen-bond donors (Lipinski definition) is 0. The van der Waals surface area contributed by atoms with E-state index in [0.29, 0.717) is 24.3 Å². The zero-order chi connectivity index (χ0) is 22.1. The average Bonchev–Trinajstić information content (AvgIpc) is 2.90. The van der Waals surface area contributed by atoms with Gasteiger partial charge in [0.15, 0.2) is 17.2 Å². The predicted molar refractivity (Wildman–Crippen MR) is 112 cm³/mol. The Kier molecular flexibility index (Phi) is 4.68. The first-order valence-corrected chi connectivity index (χ1v) is 10.9. The lowest BCUT2D eigenvalue weighted by Crippen LogP contribution is -2.58. The molecule has 30 heavy (non-hydrogen) atoms. The maximum atomic E-state index is 13.0. The molecule has 4 rings (SSSR count). The van der Waals surface area contributed by atoms with Crippen molar-refractivity contribution in [1.82, 2.24) is 0 Å². The summed E-state index contributed by atoms with van der Waals surface area (Å²) in [7, 11) is 1.65. The zero-order valence-corrected chi connectivity index (χ0v) is 18.7. The van der Waals surface area contributed by atoms with Crippen molar-refractivity contribution in [3.63, 3.8) is 0 Å². The number of carbonyl (C=O) groups is 3. The summed E-state index contributed by atoms with van der Waals surface area (Å²) in [4.78, 5) is 37.2. The van der Waals surface area contributed by atoms with Crippen molar-refractivity contribution in [3.8, 4) is 0 Å². The number of carbonyl (C=O) groups excluding carboxylic acids is 3. The number of hydrogen-bond acceptors (Lipinski definition) is 5. The molecule has 0 aromatic carbocycles. The van der Waals surface area contributed by atoms with Crippen LogP contribution >= 0.6 is 0 Å². The first-order valence-electron chi connectivity index (χ1n) is 10.9. The average molecular weight is 413 g/mol. The molecule has 0 heterocycles. The Morgan fingerprint density at radius 1 is 1.17 bits per heavy atom. The molecule has 2 fully saturated rings. The predicted octanol–water partition coefficient (Wildman–Crippen LogP) is 4.33. The Morgan fingerprint density at radius 3 is 2.47 bits per heavy atom. The number of esters is 1. The van der Waals surface area contributed by atoms with Crippen molar-refractivity contribution in [2.45, 2.75) is 65.4 Å². The molecular weight excluding hydrogens is 380 g/mol. The monoisotopic (exact) mass is 412 g/mol. The van der Waals surface area contributed by atoms with Crippen molar-refractivity contribution in [2.75, 3.05) is 7.11 Å². The van der Waals surface area contributed by atoms with Gasteiger partial charge in [-0.05, 0) is 68.1 Å². The molecule has 0 radical (unpaired) electrons. The van der Waals surface area contributed by atoms with E-state index in [4.69, 9.17) is 9.47 Å². The number of methoxy groups -OCH3 is 1. The number of ether oxygens (including phenoxy) is 2. The normalized spacial score (nSPS) is 42.4. The summed E-state index contributed by atoms with van der Waals surface area (Å²) >= 11 is 0. The second kappa shape index (κ2) is 6.66. The highest BCUT2D eigenvalue weighted by Crippen LogP contribution is 2.68. The van der Waals surface area contributed by atoms with Crippen molar-refractivity contribution >= 4 is 17.5 Å².